The lowest BCUT2D eigenvalue weighted by atomic mass is 9.87. The molecule has 1 N–H and O–H groups in total. The van der Waals surface area contributed by atoms with Crippen LogP contribution in [-0.4, -0.2) is 26.3 Å². The molecule has 3 aliphatic rings. The van der Waals surface area contributed by atoms with Crippen LogP contribution in [0.3, 0.4) is 0 Å². The summed E-state index contributed by atoms with van der Waals surface area (Å²) in [7, 11) is -2.93. The smallest absolute Gasteiger partial charge is 0.173 e. The Bertz CT molecular complexity index is 466. The zero-order chi connectivity index (χ0) is 12.0. The summed E-state index contributed by atoms with van der Waals surface area (Å²) in [4.78, 5) is 0. The molecule has 1 saturated carbocycles. The lowest BCUT2D eigenvalue weighted by Gasteiger charge is -2.28. The van der Waals surface area contributed by atoms with Crippen molar-refractivity contribution in [2.75, 3.05) is 5.75 Å². The first-order chi connectivity index (χ1) is 8.03. The maximum atomic E-state index is 11.3. The predicted octanol–water partition coefficient (Wildman–Crippen LogP) is 1.49. The molecule has 0 aromatic heterocycles. The average molecular weight is 253 g/mol. The third kappa shape index (κ3) is 2.20. The molecular weight excluding hydrogens is 234 g/mol. The number of nitrogens with one attached hydrogen (secondary N) is 1. The van der Waals surface area contributed by atoms with Gasteiger partial charge >= 0.3 is 0 Å². The molecule has 1 heterocycles. The standard InChI is InChI=1S/C13H19NO2S/c1-9(13-7-10-2-3-11(13)6-10)14-12-4-5-17(15,16)8-12/h2-5,9-14H,6-8H2,1H3. The van der Waals surface area contributed by atoms with Gasteiger partial charge in [0, 0.05) is 17.5 Å². The van der Waals surface area contributed by atoms with Crippen molar-refractivity contribution >= 4 is 9.84 Å². The summed E-state index contributed by atoms with van der Waals surface area (Å²) in [6.45, 7) is 2.19. The minimum Gasteiger partial charge on any atom is -0.307 e. The monoisotopic (exact) mass is 253 g/mol. The van der Waals surface area contributed by atoms with Crippen LogP contribution in [0.5, 0.6) is 0 Å². The van der Waals surface area contributed by atoms with Crippen LogP contribution in [0, 0.1) is 17.8 Å². The van der Waals surface area contributed by atoms with Crippen molar-refractivity contribution in [3.63, 3.8) is 0 Å². The summed E-state index contributed by atoms with van der Waals surface area (Å²) in [5, 5.41) is 4.81. The van der Waals surface area contributed by atoms with Crippen molar-refractivity contribution in [3.05, 3.63) is 23.6 Å². The molecule has 94 valence electrons. The summed E-state index contributed by atoms with van der Waals surface area (Å²) >= 11 is 0. The van der Waals surface area contributed by atoms with Crippen molar-refractivity contribution in [2.24, 2.45) is 17.8 Å². The molecule has 3 rings (SSSR count). The van der Waals surface area contributed by atoms with Crippen LogP contribution in [0.25, 0.3) is 0 Å². The fraction of sp³-hybridized carbons (Fsp3) is 0.692. The Morgan fingerprint density at radius 2 is 2.06 bits per heavy atom. The maximum Gasteiger partial charge on any atom is 0.173 e. The van der Waals surface area contributed by atoms with E-state index in [1.165, 1.54) is 18.2 Å². The summed E-state index contributed by atoms with van der Waals surface area (Å²) < 4.78 is 22.7. The second-order valence-corrected chi connectivity index (χ2v) is 7.60. The van der Waals surface area contributed by atoms with Gasteiger partial charge in [-0.1, -0.05) is 18.2 Å². The predicted molar refractivity (Wildman–Crippen MR) is 68.2 cm³/mol. The molecule has 2 bridgehead atoms. The van der Waals surface area contributed by atoms with Gasteiger partial charge in [-0.05, 0) is 37.5 Å². The highest BCUT2D eigenvalue weighted by atomic mass is 32.2. The number of hydrogen-bond donors (Lipinski definition) is 1. The van der Waals surface area contributed by atoms with Gasteiger partial charge in [0.15, 0.2) is 9.84 Å². The summed E-state index contributed by atoms with van der Waals surface area (Å²) in [5.41, 5.74) is 0. The Balaban J connectivity index is 1.60. The van der Waals surface area contributed by atoms with Crippen molar-refractivity contribution in [2.45, 2.75) is 31.8 Å². The fourth-order valence-corrected chi connectivity index (χ4v) is 4.79. The third-order valence-corrected chi connectivity index (χ3v) is 5.78. The highest BCUT2D eigenvalue weighted by Crippen LogP contribution is 2.44. The van der Waals surface area contributed by atoms with Crippen molar-refractivity contribution in [3.8, 4) is 0 Å². The van der Waals surface area contributed by atoms with Crippen LogP contribution in [0.4, 0.5) is 0 Å². The van der Waals surface area contributed by atoms with E-state index in [0.717, 1.165) is 5.92 Å². The first kappa shape index (κ1) is 11.5. The zero-order valence-corrected chi connectivity index (χ0v) is 10.9. The third-order valence-electron chi connectivity index (χ3n) is 4.38. The number of rotatable bonds is 3. The maximum absolute atomic E-state index is 11.3. The molecule has 5 atom stereocenters. The highest BCUT2D eigenvalue weighted by Gasteiger charge is 2.39. The van der Waals surface area contributed by atoms with Crippen LogP contribution in [0.15, 0.2) is 23.6 Å². The van der Waals surface area contributed by atoms with E-state index in [-0.39, 0.29) is 11.8 Å². The number of allylic oxidation sites excluding steroid dienone is 2. The quantitative estimate of drug-likeness (QED) is 0.775. The Labute approximate surface area is 103 Å². The fourth-order valence-electron chi connectivity index (χ4n) is 3.54. The Kier molecular flexibility index (Phi) is 2.67. The lowest BCUT2D eigenvalue weighted by molar-refractivity contribution is 0.319. The minimum atomic E-state index is -2.93. The second-order valence-electron chi connectivity index (χ2n) is 5.66. The number of fused-ring (bicyclic) bond motifs is 2. The van der Waals surface area contributed by atoms with Crippen LogP contribution >= 0.6 is 0 Å². The molecular formula is C13H19NO2S. The molecule has 3 nitrogen and oxygen atoms in total. The van der Waals surface area contributed by atoms with E-state index in [4.69, 9.17) is 0 Å². The van der Waals surface area contributed by atoms with Gasteiger partial charge in [-0.3, -0.25) is 0 Å². The SMILES string of the molecule is CC(NC1C=CS(=O)(=O)C1)C1CC2C=CC1C2. The first-order valence-electron chi connectivity index (χ1n) is 6.39. The number of hydrogen-bond acceptors (Lipinski definition) is 3. The molecule has 0 spiro atoms. The normalized spacial score (nSPS) is 43.4. The van der Waals surface area contributed by atoms with Gasteiger partial charge in [-0.15, -0.1) is 0 Å². The van der Waals surface area contributed by atoms with Gasteiger partial charge in [0.2, 0.25) is 0 Å². The van der Waals surface area contributed by atoms with Crippen molar-refractivity contribution in [1.29, 1.82) is 0 Å². The Morgan fingerprint density at radius 3 is 2.59 bits per heavy atom. The van der Waals surface area contributed by atoms with Gasteiger partial charge in [-0.25, -0.2) is 8.42 Å². The molecule has 0 saturated heterocycles. The molecule has 5 unspecified atom stereocenters. The van der Waals surface area contributed by atoms with E-state index in [1.54, 1.807) is 6.08 Å². The van der Waals surface area contributed by atoms with Gasteiger partial charge in [0.25, 0.3) is 0 Å². The van der Waals surface area contributed by atoms with Gasteiger partial charge in [0.05, 0.1) is 5.75 Å². The average Bonchev–Trinajstić information content (AvgIpc) is 2.93. The minimum absolute atomic E-state index is 0.0121. The summed E-state index contributed by atoms with van der Waals surface area (Å²) in [6, 6.07) is 0.413. The lowest BCUT2D eigenvalue weighted by Crippen LogP contribution is -2.42. The highest BCUT2D eigenvalue weighted by molar-refractivity contribution is 7.94. The van der Waals surface area contributed by atoms with E-state index < -0.39 is 9.84 Å². The topological polar surface area (TPSA) is 46.2 Å². The molecule has 4 heteroatoms. The second kappa shape index (κ2) is 3.95. The zero-order valence-electron chi connectivity index (χ0n) is 10.0. The van der Waals surface area contributed by atoms with Gasteiger partial charge < -0.3 is 5.32 Å². The molecule has 0 aromatic rings. The van der Waals surface area contributed by atoms with Crippen LogP contribution in [0.1, 0.15) is 19.8 Å². The van der Waals surface area contributed by atoms with Crippen LogP contribution in [0.2, 0.25) is 0 Å². The molecule has 0 radical (unpaired) electrons. The Morgan fingerprint density at radius 1 is 1.24 bits per heavy atom. The van der Waals surface area contributed by atoms with Gasteiger partial charge in [0.1, 0.15) is 0 Å². The van der Waals surface area contributed by atoms with Crippen molar-refractivity contribution in [1.82, 2.24) is 5.32 Å². The largest absolute Gasteiger partial charge is 0.307 e. The molecule has 0 aromatic carbocycles. The molecule has 2 aliphatic carbocycles. The first-order valence-corrected chi connectivity index (χ1v) is 8.10. The van der Waals surface area contributed by atoms with E-state index in [2.05, 4.69) is 24.4 Å². The van der Waals surface area contributed by atoms with Crippen LogP contribution in [-0.2, 0) is 9.84 Å². The van der Waals surface area contributed by atoms with E-state index in [1.807, 2.05) is 0 Å². The van der Waals surface area contributed by atoms with E-state index in [0.29, 0.717) is 17.9 Å². The number of sulfone groups is 1. The Hall–Kier alpha value is -0.610. The molecule has 1 aliphatic heterocycles. The van der Waals surface area contributed by atoms with Crippen molar-refractivity contribution < 1.29 is 8.42 Å². The van der Waals surface area contributed by atoms with Crippen LogP contribution < -0.4 is 5.32 Å². The summed E-state index contributed by atoms with van der Waals surface area (Å²) in [6.07, 6.45) is 9.04. The van der Waals surface area contributed by atoms with E-state index in [9.17, 15) is 8.42 Å². The van der Waals surface area contributed by atoms with E-state index >= 15 is 0 Å². The molecule has 17 heavy (non-hydrogen) atoms. The molecule has 0 amide bonds. The molecule has 1 fully saturated rings. The van der Waals surface area contributed by atoms with Gasteiger partial charge in [-0.2, -0.15) is 0 Å². The summed E-state index contributed by atoms with van der Waals surface area (Å²) in [5.74, 6) is 2.40.